The fraction of sp³-hybridized carbons (Fsp3) is 0.714. The highest BCUT2D eigenvalue weighted by Crippen LogP contribution is 2.05. The Labute approximate surface area is 71.1 Å². The third kappa shape index (κ3) is 2.28. The summed E-state index contributed by atoms with van der Waals surface area (Å²) in [7, 11) is 0. The van der Waals surface area contributed by atoms with Gasteiger partial charge in [0, 0.05) is 12.5 Å². The summed E-state index contributed by atoms with van der Waals surface area (Å²) in [5, 5.41) is 3.70. The molecule has 0 spiro atoms. The molecule has 0 bridgehead atoms. The van der Waals surface area contributed by atoms with Gasteiger partial charge in [-0.1, -0.05) is 5.16 Å². The Morgan fingerprint density at radius 2 is 2.08 bits per heavy atom. The number of nitrogens with two attached hydrogens (primary N) is 2. The molecule has 1 aromatic heterocycles. The Morgan fingerprint density at radius 1 is 1.42 bits per heavy atom. The third-order valence-electron chi connectivity index (χ3n) is 1.39. The van der Waals surface area contributed by atoms with E-state index in [4.69, 9.17) is 16.0 Å². The lowest BCUT2D eigenvalue weighted by Crippen LogP contribution is -2.18. The first kappa shape index (κ1) is 9.15. The van der Waals surface area contributed by atoms with Crippen LogP contribution in [0.2, 0.25) is 0 Å². The van der Waals surface area contributed by atoms with Crippen molar-refractivity contribution in [1.29, 1.82) is 0 Å². The second-order valence-corrected chi connectivity index (χ2v) is 3.02. The smallest absolute Gasteiger partial charge is 0.228 e. The van der Waals surface area contributed by atoms with Crippen LogP contribution in [0.15, 0.2) is 4.52 Å². The van der Waals surface area contributed by atoms with Gasteiger partial charge < -0.3 is 16.0 Å². The molecule has 1 aromatic rings. The molecule has 1 rings (SSSR count). The fourth-order valence-electron chi connectivity index (χ4n) is 0.811. The Bertz CT molecular complexity index is 243. The molecule has 0 radical (unpaired) electrons. The Kier molecular flexibility index (Phi) is 2.78. The van der Waals surface area contributed by atoms with Crippen LogP contribution in [0.25, 0.3) is 0 Å². The van der Waals surface area contributed by atoms with Crippen LogP contribution >= 0.6 is 0 Å². The fourth-order valence-corrected chi connectivity index (χ4v) is 0.811. The highest BCUT2D eigenvalue weighted by Gasteiger charge is 2.10. The van der Waals surface area contributed by atoms with Gasteiger partial charge in [-0.2, -0.15) is 4.98 Å². The molecule has 2 unspecified atom stereocenters. The van der Waals surface area contributed by atoms with Crippen LogP contribution in [0.4, 0.5) is 0 Å². The van der Waals surface area contributed by atoms with Gasteiger partial charge in [-0.15, -0.1) is 0 Å². The molecule has 0 saturated carbocycles. The van der Waals surface area contributed by atoms with Crippen molar-refractivity contribution in [3.63, 3.8) is 0 Å². The summed E-state index contributed by atoms with van der Waals surface area (Å²) in [4.78, 5) is 4.07. The molecular formula is C7H14N4O. The Balaban J connectivity index is 2.64. The van der Waals surface area contributed by atoms with E-state index in [0.717, 1.165) is 0 Å². The van der Waals surface area contributed by atoms with E-state index in [-0.39, 0.29) is 12.1 Å². The first-order valence-corrected chi connectivity index (χ1v) is 3.93. The van der Waals surface area contributed by atoms with Crippen molar-refractivity contribution in [2.24, 2.45) is 11.5 Å². The molecule has 0 amide bonds. The zero-order valence-corrected chi connectivity index (χ0v) is 7.32. The molecule has 2 atom stereocenters. The van der Waals surface area contributed by atoms with Gasteiger partial charge in [-0.3, -0.25) is 0 Å². The molecule has 0 aliphatic heterocycles. The summed E-state index contributed by atoms with van der Waals surface area (Å²) < 4.78 is 4.92. The number of hydrogen-bond acceptors (Lipinski definition) is 5. The number of nitrogens with zero attached hydrogens (tertiary/aromatic N) is 2. The van der Waals surface area contributed by atoms with Crippen molar-refractivity contribution in [1.82, 2.24) is 10.1 Å². The second-order valence-electron chi connectivity index (χ2n) is 3.02. The summed E-state index contributed by atoms with van der Waals surface area (Å²) in [6, 6.07) is -0.151. The van der Waals surface area contributed by atoms with Crippen molar-refractivity contribution in [2.75, 3.05) is 0 Å². The number of rotatable bonds is 3. The maximum atomic E-state index is 5.55. The van der Waals surface area contributed by atoms with E-state index in [1.807, 2.05) is 6.92 Å². The van der Waals surface area contributed by atoms with E-state index < -0.39 is 0 Å². The minimum Gasteiger partial charge on any atom is -0.339 e. The van der Waals surface area contributed by atoms with Crippen LogP contribution in [0.1, 0.15) is 31.6 Å². The maximum Gasteiger partial charge on any atom is 0.228 e. The first-order chi connectivity index (χ1) is 5.59. The van der Waals surface area contributed by atoms with Gasteiger partial charge in [0.25, 0.3) is 0 Å². The van der Waals surface area contributed by atoms with Gasteiger partial charge >= 0.3 is 0 Å². The first-order valence-electron chi connectivity index (χ1n) is 3.93. The van der Waals surface area contributed by atoms with E-state index in [0.29, 0.717) is 18.1 Å². The van der Waals surface area contributed by atoms with E-state index in [1.165, 1.54) is 0 Å². The highest BCUT2D eigenvalue weighted by atomic mass is 16.5. The molecule has 1 heterocycles. The minimum absolute atomic E-state index is 0.0337. The van der Waals surface area contributed by atoms with Crippen molar-refractivity contribution in [3.8, 4) is 0 Å². The molecule has 12 heavy (non-hydrogen) atoms. The average molecular weight is 170 g/mol. The lowest BCUT2D eigenvalue weighted by atomic mass is 10.2. The van der Waals surface area contributed by atoms with E-state index in [1.54, 1.807) is 6.92 Å². The van der Waals surface area contributed by atoms with Gasteiger partial charge in [0.05, 0.1) is 6.04 Å². The summed E-state index contributed by atoms with van der Waals surface area (Å²) in [5.41, 5.74) is 11.1. The van der Waals surface area contributed by atoms with Gasteiger partial charge in [0.15, 0.2) is 5.82 Å². The minimum atomic E-state index is -0.185. The lowest BCUT2D eigenvalue weighted by Gasteiger charge is -1.97. The van der Waals surface area contributed by atoms with Crippen molar-refractivity contribution < 1.29 is 4.52 Å². The standard InChI is InChI=1S/C7H14N4O/c1-4(8)3-6-10-7(5(2)9)11-12-6/h4-5H,3,8-9H2,1-2H3. The van der Waals surface area contributed by atoms with Crippen LogP contribution in [0, 0.1) is 0 Å². The van der Waals surface area contributed by atoms with Crippen LogP contribution in [0.5, 0.6) is 0 Å². The van der Waals surface area contributed by atoms with E-state index >= 15 is 0 Å². The normalized spacial score (nSPS) is 16.0. The predicted molar refractivity (Wildman–Crippen MR) is 44.3 cm³/mol. The van der Waals surface area contributed by atoms with E-state index in [2.05, 4.69) is 10.1 Å². The van der Waals surface area contributed by atoms with Crippen molar-refractivity contribution in [2.45, 2.75) is 32.4 Å². The van der Waals surface area contributed by atoms with Crippen LogP contribution < -0.4 is 11.5 Å². The summed E-state index contributed by atoms with van der Waals surface area (Å²) >= 11 is 0. The largest absolute Gasteiger partial charge is 0.339 e. The molecule has 5 heteroatoms. The molecule has 0 aliphatic rings. The molecule has 0 aliphatic carbocycles. The maximum absolute atomic E-state index is 5.55. The monoisotopic (exact) mass is 170 g/mol. The highest BCUT2D eigenvalue weighted by molar-refractivity contribution is 4.92. The topological polar surface area (TPSA) is 91.0 Å². The van der Waals surface area contributed by atoms with Gasteiger partial charge in [-0.25, -0.2) is 0 Å². The summed E-state index contributed by atoms with van der Waals surface area (Å²) in [6.45, 7) is 3.69. The average Bonchev–Trinajstić information content (AvgIpc) is 2.34. The quantitative estimate of drug-likeness (QED) is 0.665. The van der Waals surface area contributed by atoms with E-state index in [9.17, 15) is 0 Å². The van der Waals surface area contributed by atoms with Crippen LogP contribution in [-0.2, 0) is 6.42 Å². The van der Waals surface area contributed by atoms with Gasteiger partial charge in [-0.05, 0) is 13.8 Å². The zero-order valence-electron chi connectivity index (χ0n) is 7.32. The Hall–Kier alpha value is -0.940. The molecule has 5 nitrogen and oxygen atoms in total. The molecular weight excluding hydrogens is 156 g/mol. The van der Waals surface area contributed by atoms with Crippen LogP contribution in [0.3, 0.4) is 0 Å². The molecule has 0 fully saturated rings. The molecule has 0 saturated heterocycles. The second kappa shape index (κ2) is 3.64. The molecule has 4 N–H and O–H groups in total. The summed E-state index contributed by atoms with van der Waals surface area (Å²) in [6.07, 6.45) is 0.597. The summed E-state index contributed by atoms with van der Waals surface area (Å²) in [5.74, 6) is 1.09. The van der Waals surface area contributed by atoms with Crippen molar-refractivity contribution >= 4 is 0 Å². The van der Waals surface area contributed by atoms with Crippen molar-refractivity contribution in [3.05, 3.63) is 11.7 Å². The third-order valence-corrected chi connectivity index (χ3v) is 1.39. The molecule has 68 valence electrons. The lowest BCUT2D eigenvalue weighted by molar-refractivity contribution is 0.364. The number of aromatic nitrogens is 2. The van der Waals surface area contributed by atoms with Gasteiger partial charge in [0.2, 0.25) is 5.89 Å². The predicted octanol–water partition coefficient (Wildman–Crippen LogP) is -0.0210. The SMILES string of the molecule is CC(N)Cc1nc(C(C)N)no1. The zero-order chi connectivity index (χ0) is 9.14. The number of hydrogen-bond donors (Lipinski definition) is 2. The van der Waals surface area contributed by atoms with Gasteiger partial charge in [0.1, 0.15) is 0 Å². The molecule has 0 aromatic carbocycles. The Morgan fingerprint density at radius 3 is 2.50 bits per heavy atom. The van der Waals surface area contributed by atoms with Crippen LogP contribution in [-0.4, -0.2) is 16.2 Å².